The minimum atomic E-state index is -2.98. The normalized spacial score (nSPS) is 12.9. The largest absolute Gasteiger partial charge is 0.508 e. The summed E-state index contributed by atoms with van der Waals surface area (Å²) < 4.78 is 29.2. The van der Waals surface area contributed by atoms with Gasteiger partial charge in [-0.15, -0.1) is 0 Å². The highest BCUT2D eigenvalue weighted by atomic mass is 19.3. The number of hydrogen-bond acceptors (Lipinski definition) is 3. The second-order valence-corrected chi connectivity index (χ2v) is 6.87. The van der Waals surface area contributed by atoms with Gasteiger partial charge in [0.05, 0.1) is 18.1 Å². The van der Waals surface area contributed by atoms with Gasteiger partial charge in [0.25, 0.3) is 5.92 Å². The van der Waals surface area contributed by atoms with Gasteiger partial charge in [0, 0.05) is 32.0 Å². The highest BCUT2D eigenvalue weighted by molar-refractivity contribution is 5.29. The number of nitrogens with zero attached hydrogens (tertiary/aromatic N) is 2. The number of imidazole rings is 1. The molecular formula is C21H23F2N3O. The molecular weight excluding hydrogens is 348 g/mol. The molecule has 1 heterocycles. The number of rotatable bonds is 7. The second kappa shape index (κ2) is 7.88. The zero-order valence-corrected chi connectivity index (χ0v) is 15.1. The van der Waals surface area contributed by atoms with Gasteiger partial charge >= 0.3 is 0 Å². The highest BCUT2D eigenvalue weighted by Crippen LogP contribution is 2.23. The number of phenols is 1. The molecule has 3 N–H and O–H groups in total. The Hall–Kier alpha value is -2.73. The first-order valence-corrected chi connectivity index (χ1v) is 8.81. The number of phenolic OH excluding ortho intramolecular Hbond substituents is 1. The Morgan fingerprint density at radius 1 is 1.11 bits per heavy atom. The molecule has 27 heavy (non-hydrogen) atoms. The Morgan fingerprint density at radius 3 is 2.48 bits per heavy atom. The summed E-state index contributed by atoms with van der Waals surface area (Å²) in [5, 5.41) is 9.67. The van der Waals surface area contributed by atoms with Crippen LogP contribution in [0.5, 0.6) is 5.75 Å². The molecule has 0 spiro atoms. The number of hydrogen-bond donors (Lipinski definition) is 2. The molecule has 0 radical (unpaired) electrons. The molecule has 0 bridgehead atoms. The molecule has 1 atom stereocenters. The van der Waals surface area contributed by atoms with Crippen molar-refractivity contribution < 1.29 is 13.9 Å². The van der Waals surface area contributed by atoms with E-state index < -0.39 is 12.0 Å². The molecule has 0 aliphatic carbocycles. The van der Waals surface area contributed by atoms with Gasteiger partial charge in [-0.3, -0.25) is 0 Å². The fourth-order valence-corrected chi connectivity index (χ4v) is 3.00. The minimum absolute atomic E-state index is 0.0183. The summed E-state index contributed by atoms with van der Waals surface area (Å²) in [5.41, 5.74) is 9.10. The van der Waals surface area contributed by atoms with Crippen LogP contribution in [0.4, 0.5) is 8.78 Å². The SMILES string of the molecule is CC(F)(F)C(N)Cc1c(Cc2ccccc2)ncn1Cc1cccc(O)c1. The van der Waals surface area contributed by atoms with E-state index in [2.05, 4.69) is 4.98 Å². The number of benzene rings is 2. The van der Waals surface area contributed by atoms with Gasteiger partial charge < -0.3 is 15.4 Å². The Morgan fingerprint density at radius 2 is 1.81 bits per heavy atom. The molecule has 142 valence electrons. The van der Waals surface area contributed by atoms with Crippen molar-refractivity contribution in [2.45, 2.75) is 38.3 Å². The van der Waals surface area contributed by atoms with E-state index in [1.165, 1.54) is 0 Å². The van der Waals surface area contributed by atoms with Crippen LogP contribution in [-0.4, -0.2) is 26.6 Å². The lowest BCUT2D eigenvalue weighted by Gasteiger charge is -2.21. The number of aromatic hydroxyl groups is 1. The van der Waals surface area contributed by atoms with Crippen LogP contribution < -0.4 is 5.73 Å². The molecule has 1 unspecified atom stereocenters. The van der Waals surface area contributed by atoms with Crippen molar-refractivity contribution in [3.63, 3.8) is 0 Å². The van der Waals surface area contributed by atoms with Crippen molar-refractivity contribution >= 4 is 0 Å². The Kier molecular flexibility index (Phi) is 5.56. The maximum Gasteiger partial charge on any atom is 0.260 e. The van der Waals surface area contributed by atoms with Crippen molar-refractivity contribution in [1.82, 2.24) is 9.55 Å². The van der Waals surface area contributed by atoms with Crippen LogP contribution in [0.25, 0.3) is 0 Å². The fourth-order valence-electron chi connectivity index (χ4n) is 3.00. The van der Waals surface area contributed by atoms with Crippen LogP contribution in [0, 0.1) is 0 Å². The third kappa shape index (κ3) is 4.92. The van der Waals surface area contributed by atoms with E-state index >= 15 is 0 Å². The lowest BCUT2D eigenvalue weighted by molar-refractivity contribution is -0.00564. The monoisotopic (exact) mass is 371 g/mol. The fraction of sp³-hybridized carbons (Fsp3) is 0.286. The zero-order valence-electron chi connectivity index (χ0n) is 15.1. The van der Waals surface area contributed by atoms with Gasteiger partial charge in [0.1, 0.15) is 5.75 Å². The zero-order chi connectivity index (χ0) is 19.4. The molecule has 4 nitrogen and oxygen atoms in total. The van der Waals surface area contributed by atoms with E-state index in [1.54, 1.807) is 24.5 Å². The van der Waals surface area contributed by atoms with Crippen LogP contribution in [0.2, 0.25) is 0 Å². The van der Waals surface area contributed by atoms with Crippen LogP contribution in [0.3, 0.4) is 0 Å². The summed E-state index contributed by atoms with van der Waals surface area (Å²) in [5.74, 6) is -2.82. The maximum absolute atomic E-state index is 13.7. The molecule has 0 fully saturated rings. The first kappa shape index (κ1) is 19.0. The van der Waals surface area contributed by atoms with E-state index in [4.69, 9.17) is 5.73 Å². The van der Waals surface area contributed by atoms with Crippen LogP contribution in [-0.2, 0) is 19.4 Å². The van der Waals surface area contributed by atoms with Gasteiger partial charge in [0.15, 0.2) is 0 Å². The predicted octanol–water partition coefficient (Wildman–Crippen LogP) is 3.75. The number of aromatic nitrogens is 2. The average Bonchev–Trinajstić information content (AvgIpc) is 2.97. The summed E-state index contributed by atoms with van der Waals surface area (Å²) in [6.45, 7) is 1.26. The summed E-state index contributed by atoms with van der Waals surface area (Å²) in [4.78, 5) is 4.47. The highest BCUT2D eigenvalue weighted by Gasteiger charge is 2.32. The summed E-state index contributed by atoms with van der Waals surface area (Å²) in [7, 11) is 0. The summed E-state index contributed by atoms with van der Waals surface area (Å²) >= 11 is 0. The van der Waals surface area contributed by atoms with Crippen molar-refractivity contribution in [2.75, 3.05) is 0 Å². The van der Waals surface area contributed by atoms with E-state index in [9.17, 15) is 13.9 Å². The lowest BCUT2D eigenvalue weighted by Crippen LogP contribution is -2.40. The molecule has 0 aliphatic heterocycles. The van der Waals surface area contributed by atoms with E-state index in [-0.39, 0.29) is 12.2 Å². The molecule has 3 rings (SSSR count). The van der Waals surface area contributed by atoms with Crippen molar-refractivity contribution in [3.8, 4) is 5.75 Å². The van der Waals surface area contributed by atoms with E-state index in [0.717, 1.165) is 23.7 Å². The lowest BCUT2D eigenvalue weighted by atomic mass is 10.0. The predicted molar refractivity (Wildman–Crippen MR) is 101 cm³/mol. The molecule has 0 amide bonds. The average molecular weight is 371 g/mol. The maximum atomic E-state index is 13.7. The first-order chi connectivity index (χ1) is 12.8. The van der Waals surface area contributed by atoms with Crippen LogP contribution in [0.1, 0.15) is 29.4 Å². The summed E-state index contributed by atoms with van der Waals surface area (Å²) in [6.07, 6.45) is 2.22. The Balaban J connectivity index is 1.92. The third-order valence-electron chi connectivity index (χ3n) is 4.57. The van der Waals surface area contributed by atoms with Gasteiger partial charge in [-0.2, -0.15) is 0 Å². The van der Waals surface area contributed by atoms with Gasteiger partial charge in [-0.25, -0.2) is 13.8 Å². The molecule has 0 saturated heterocycles. The summed E-state index contributed by atoms with van der Waals surface area (Å²) in [6, 6.07) is 15.3. The molecule has 0 saturated carbocycles. The van der Waals surface area contributed by atoms with Crippen molar-refractivity contribution in [3.05, 3.63) is 83.4 Å². The smallest absolute Gasteiger partial charge is 0.260 e. The second-order valence-electron chi connectivity index (χ2n) is 6.87. The minimum Gasteiger partial charge on any atom is -0.508 e. The first-order valence-electron chi connectivity index (χ1n) is 8.81. The van der Waals surface area contributed by atoms with Crippen LogP contribution in [0.15, 0.2) is 60.9 Å². The number of alkyl halides is 2. The topological polar surface area (TPSA) is 64.1 Å². The third-order valence-corrected chi connectivity index (χ3v) is 4.57. The van der Waals surface area contributed by atoms with Gasteiger partial charge in [0.2, 0.25) is 0 Å². The van der Waals surface area contributed by atoms with Crippen LogP contribution >= 0.6 is 0 Å². The Labute approximate surface area is 157 Å². The number of nitrogens with two attached hydrogens (primary N) is 1. The van der Waals surface area contributed by atoms with Crippen molar-refractivity contribution in [2.24, 2.45) is 5.73 Å². The molecule has 2 aromatic carbocycles. The number of halogens is 2. The van der Waals surface area contributed by atoms with Gasteiger partial charge in [-0.05, 0) is 23.3 Å². The quantitative estimate of drug-likeness (QED) is 0.665. The molecule has 3 aromatic rings. The standard InChI is InChI=1S/C21H23F2N3O/c1-21(22,23)20(24)12-19-18(11-15-6-3-2-4-7-15)25-14-26(19)13-16-8-5-9-17(27)10-16/h2-10,14,20,27H,11-13,24H2,1H3. The van der Waals surface area contributed by atoms with E-state index in [0.29, 0.717) is 18.7 Å². The molecule has 1 aromatic heterocycles. The van der Waals surface area contributed by atoms with Gasteiger partial charge in [-0.1, -0.05) is 42.5 Å². The van der Waals surface area contributed by atoms with E-state index in [1.807, 2.05) is 41.0 Å². The molecule has 6 heteroatoms. The Bertz CT molecular complexity index is 888. The molecule has 0 aliphatic rings. The van der Waals surface area contributed by atoms with Crippen molar-refractivity contribution in [1.29, 1.82) is 0 Å².